The smallest absolute Gasteiger partial charge is 0.272 e. The number of ether oxygens (including phenoxy) is 1. The van der Waals surface area contributed by atoms with E-state index in [4.69, 9.17) is 9.15 Å². The Morgan fingerprint density at radius 3 is 2.18 bits per heavy atom. The van der Waals surface area contributed by atoms with Crippen molar-refractivity contribution in [1.82, 2.24) is 5.32 Å². The number of hydrogen-bond donors (Lipinski definition) is 3. The largest absolute Gasteiger partial charge is 0.465 e. The normalized spacial score (nSPS) is 11.7. The number of hydrogen-bond acceptors (Lipinski definition) is 6. The van der Waals surface area contributed by atoms with Gasteiger partial charge in [-0.05, 0) is 85.3 Å². The van der Waals surface area contributed by atoms with Gasteiger partial charge in [0, 0.05) is 27.9 Å². The highest BCUT2D eigenvalue weighted by Gasteiger charge is 2.20. The van der Waals surface area contributed by atoms with E-state index < -0.39 is 11.8 Å². The van der Waals surface area contributed by atoms with Gasteiger partial charge in [0.15, 0.2) is 0 Å². The molecule has 0 spiro atoms. The van der Waals surface area contributed by atoms with Gasteiger partial charge in [-0.15, -0.1) is 11.8 Å². The summed E-state index contributed by atoms with van der Waals surface area (Å²) in [6.07, 6.45) is 3.53. The summed E-state index contributed by atoms with van der Waals surface area (Å²) in [5, 5.41) is 8.13. The molecule has 0 saturated carbocycles. The van der Waals surface area contributed by atoms with E-state index in [1.807, 2.05) is 43.3 Å². The molecule has 0 aliphatic rings. The fourth-order valence-corrected chi connectivity index (χ4v) is 5.26. The summed E-state index contributed by atoms with van der Waals surface area (Å²) in [6, 6.07) is 35.9. The van der Waals surface area contributed by atoms with Crippen molar-refractivity contribution in [2.75, 3.05) is 10.6 Å². The van der Waals surface area contributed by atoms with Crippen LogP contribution in [0.2, 0.25) is 0 Å². The zero-order valence-electron chi connectivity index (χ0n) is 24.4. The van der Waals surface area contributed by atoms with Gasteiger partial charge in [-0.25, -0.2) is 0 Å². The summed E-state index contributed by atoms with van der Waals surface area (Å²) < 4.78 is 11.2. The van der Waals surface area contributed by atoms with Crippen molar-refractivity contribution in [2.24, 2.45) is 0 Å². The first kappa shape index (κ1) is 30.9. The molecule has 9 heteroatoms. The van der Waals surface area contributed by atoms with Crippen molar-refractivity contribution in [1.29, 1.82) is 0 Å². The van der Waals surface area contributed by atoms with E-state index in [2.05, 4.69) is 16.0 Å². The van der Waals surface area contributed by atoms with Gasteiger partial charge in [-0.2, -0.15) is 0 Å². The second-order valence-electron chi connectivity index (χ2n) is 9.82. The minimum atomic E-state index is -0.526. The quantitative estimate of drug-likeness (QED) is 0.0967. The summed E-state index contributed by atoms with van der Waals surface area (Å²) in [4.78, 5) is 40.1. The van der Waals surface area contributed by atoms with Crippen molar-refractivity contribution in [3.63, 3.8) is 0 Å². The van der Waals surface area contributed by atoms with Crippen LogP contribution in [-0.4, -0.2) is 23.0 Å². The summed E-state index contributed by atoms with van der Waals surface area (Å²) in [6.45, 7) is 1.95. The lowest BCUT2D eigenvalue weighted by atomic mass is 10.2. The first-order valence-corrected chi connectivity index (χ1v) is 15.2. The Bertz CT molecular complexity index is 1760. The lowest BCUT2D eigenvalue weighted by Crippen LogP contribution is -2.30. The number of rotatable bonds is 12. The maximum absolute atomic E-state index is 13.3. The lowest BCUT2D eigenvalue weighted by Gasteiger charge is -2.16. The predicted octanol–water partition coefficient (Wildman–Crippen LogP) is 7.99. The molecule has 1 heterocycles. The van der Waals surface area contributed by atoms with Crippen LogP contribution in [-0.2, 0) is 9.59 Å². The summed E-state index contributed by atoms with van der Waals surface area (Å²) in [5.74, 6) is 0.720. The van der Waals surface area contributed by atoms with Gasteiger partial charge < -0.3 is 25.1 Å². The number of amides is 3. The molecule has 8 nitrogen and oxygen atoms in total. The summed E-state index contributed by atoms with van der Waals surface area (Å²) in [5.41, 5.74) is 1.60. The zero-order valence-corrected chi connectivity index (χ0v) is 25.3. The van der Waals surface area contributed by atoms with E-state index in [0.29, 0.717) is 34.9 Å². The molecule has 0 aliphatic heterocycles. The SMILES string of the molecule is CCC(Sc1cccc(NC(=O)/C(=C/c2ccco2)NC(=O)c2ccccc2)c1)C(=O)Nc1ccc(Oc2ccccc2)cc1. The number of anilines is 2. The Kier molecular flexibility index (Phi) is 10.5. The number of thioether (sulfide) groups is 1. The van der Waals surface area contributed by atoms with E-state index >= 15 is 0 Å². The van der Waals surface area contributed by atoms with Crippen LogP contribution < -0.4 is 20.7 Å². The zero-order chi connectivity index (χ0) is 31.4. The third kappa shape index (κ3) is 8.98. The molecule has 0 fully saturated rings. The molecule has 226 valence electrons. The Morgan fingerprint density at radius 1 is 0.778 bits per heavy atom. The van der Waals surface area contributed by atoms with Crippen LogP contribution in [0.25, 0.3) is 6.08 Å². The lowest BCUT2D eigenvalue weighted by molar-refractivity contribution is -0.116. The van der Waals surface area contributed by atoms with Gasteiger partial charge in [0.1, 0.15) is 23.0 Å². The van der Waals surface area contributed by atoms with E-state index in [1.54, 1.807) is 84.9 Å². The van der Waals surface area contributed by atoms with Gasteiger partial charge in [0.25, 0.3) is 11.8 Å². The average molecular weight is 618 g/mol. The van der Waals surface area contributed by atoms with Crippen LogP contribution >= 0.6 is 11.8 Å². The van der Waals surface area contributed by atoms with Gasteiger partial charge in [0.05, 0.1) is 11.5 Å². The minimum Gasteiger partial charge on any atom is -0.465 e. The van der Waals surface area contributed by atoms with Crippen molar-refractivity contribution in [2.45, 2.75) is 23.5 Å². The van der Waals surface area contributed by atoms with Crippen LogP contribution in [0, 0.1) is 0 Å². The number of furan rings is 1. The van der Waals surface area contributed by atoms with E-state index in [0.717, 1.165) is 10.6 Å². The molecule has 5 rings (SSSR count). The minimum absolute atomic E-state index is 0.0165. The maximum Gasteiger partial charge on any atom is 0.272 e. The summed E-state index contributed by atoms with van der Waals surface area (Å²) >= 11 is 1.39. The Balaban J connectivity index is 1.22. The van der Waals surface area contributed by atoms with Crippen molar-refractivity contribution in [3.8, 4) is 11.5 Å². The van der Waals surface area contributed by atoms with E-state index in [9.17, 15) is 14.4 Å². The molecule has 5 aromatic rings. The predicted molar refractivity (Wildman–Crippen MR) is 177 cm³/mol. The molecule has 0 bridgehead atoms. The highest BCUT2D eigenvalue weighted by atomic mass is 32.2. The van der Waals surface area contributed by atoms with Gasteiger partial charge >= 0.3 is 0 Å². The number of para-hydroxylation sites is 1. The molecule has 0 saturated heterocycles. The number of carbonyl (C=O) groups excluding carboxylic acids is 3. The van der Waals surface area contributed by atoms with Gasteiger partial charge in [-0.1, -0.05) is 49.4 Å². The summed E-state index contributed by atoms with van der Waals surface area (Å²) in [7, 11) is 0. The molecule has 1 atom stereocenters. The molecule has 45 heavy (non-hydrogen) atoms. The standard InChI is InChI=1S/C36H31N3O5S/c1-2-33(36(42)37-26-18-20-29(21-19-26)44-28-14-7-4-8-15-28)45-31-17-9-13-27(23-31)38-35(41)32(24-30-16-10-22-43-30)39-34(40)25-11-5-3-6-12-25/h3-24,33H,2H2,1H3,(H,37,42)(H,38,41)(H,39,40)/b32-24-. The van der Waals surface area contributed by atoms with Crippen molar-refractivity contribution in [3.05, 3.63) is 145 Å². The number of nitrogens with one attached hydrogen (secondary N) is 3. The van der Waals surface area contributed by atoms with Crippen molar-refractivity contribution >= 4 is 46.9 Å². The molecule has 3 N–H and O–H groups in total. The molecular weight excluding hydrogens is 586 g/mol. The van der Waals surface area contributed by atoms with E-state index in [-0.39, 0.29) is 16.9 Å². The second kappa shape index (κ2) is 15.3. The highest BCUT2D eigenvalue weighted by Crippen LogP contribution is 2.29. The number of benzene rings is 4. The molecular formula is C36H31N3O5S. The van der Waals surface area contributed by atoms with Gasteiger partial charge in [0.2, 0.25) is 5.91 Å². The van der Waals surface area contributed by atoms with Crippen LogP contribution in [0.15, 0.2) is 143 Å². The van der Waals surface area contributed by atoms with Crippen LogP contribution in [0.4, 0.5) is 11.4 Å². The second-order valence-corrected chi connectivity index (χ2v) is 11.1. The molecule has 0 radical (unpaired) electrons. The average Bonchev–Trinajstić information content (AvgIpc) is 3.58. The van der Waals surface area contributed by atoms with E-state index in [1.165, 1.54) is 24.1 Å². The fourth-order valence-electron chi connectivity index (χ4n) is 4.24. The number of carbonyl (C=O) groups is 3. The van der Waals surface area contributed by atoms with Gasteiger partial charge in [-0.3, -0.25) is 14.4 Å². The molecule has 1 unspecified atom stereocenters. The fraction of sp³-hybridized carbons (Fsp3) is 0.0833. The highest BCUT2D eigenvalue weighted by molar-refractivity contribution is 8.00. The molecule has 3 amide bonds. The van der Waals surface area contributed by atoms with Crippen LogP contribution in [0.1, 0.15) is 29.5 Å². The Labute approximate surface area is 265 Å². The Morgan fingerprint density at radius 2 is 1.49 bits per heavy atom. The van der Waals surface area contributed by atoms with Crippen molar-refractivity contribution < 1.29 is 23.5 Å². The van der Waals surface area contributed by atoms with Crippen LogP contribution in [0.5, 0.6) is 11.5 Å². The topological polar surface area (TPSA) is 110 Å². The molecule has 0 aliphatic carbocycles. The first-order chi connectivity index (χ1) is 22.0. The molecule has 4 aromatic carbocycles. The monoisotopic (exact) mass is 617 g/mol. The Hall–Kier alpha value is -5.54. The third-order valence-corrected chi connectivity index (χ3v) is 7.85. The molecule has 1 aromatic heterocycles. The third-order valence-electron chi connectivity index (χ3n) is 6.49. The first-order valence-electron chi connectivity index (χ1n) is 14.3. The maximum atomic E-state index is 13.3. The van der Waals surface area contributed by atoms with Crippen LogP contribution in [0.3, 0.4) is 0 Å².